The Bertz CT molecular complexity index is 304. The molecule has 5 heteroatoms. The summed E-state index contributed by atoms with van der Waals surface area (Å²) in [5.41, 5.74) is 5.97. The number of morpholine rings is 1. The number of nitrogens with zero attached hydrogens (tertiary/aromatic N) is 2. The third kappa shape index (κ3) is 3.63. The highest BCUT2D eigenvalue weighted by Crippen LogP contribution is 2.10. The molecule has 0 aromatic rings. The Labute approximate surface area is 102 Å². The molecule has 0 bridgehead atoms. The monoisotopic (exact) mass is 239 g/mol. The summed E-state index contributed by atoms with van der Waals surface area (Å²) in [6.07, 6.45) is 6.29. The minimum atomic E-state index is 0.178. The fraction of sp³-hybridized carbons (Fsp3) is 0.750. The lowest BCUT2D eigenvalue weighted by atomic mass is 10.2. The van der Waals surface area contributed by atoms with E-state index in [-0.39, 0.29) is 12.2 Å². The van der Waals surface area contributed by atoms with Crippen LogP contribution in [0.4, 0.5) is 0 Å². The molecule has 0 saturated carbocycles. The SMILES string of the molecule is CC1CN(C(N)=NCC2CCC=CO2)CCO1. The van der Waals surface area contributed by atoms with Crippen molar-refractivity contribution in [2.75, 3.05) is 26.2 Å². The molecule has 96 valence electrons. The molecule has 0 aromatic heterocycles. The summed E-state index contributed by atoms with van der Waals surface area (Å²) in [7, 11) is 0. The number of nitrogens with two attached hydrogens (primary N) is 1. The molecule has 1 fully saturated rings. The predicted molar refractivity (Wildman–Crippen MR) is 66.7 cm³/mol. The molecule has 2 aliphatic rings. The van der Waals surface area contributed by atoms with E-state index >= 15 is 0 Å². The highest BCUT2D eigenvalue weighted by Gasteiger charge is 2.18. The van der Waals surface area contributed by atoms with E-state index in [9.17, 15) is 0 Å². The fourth-order valence-electron chi connectivity index (χ4n) is 2.04. The average molecular weight is 239 g/mol. The molecule has 0 spiro atoms. The Morgan fingerprint density at radius 2 is 2.47 bits per heavy atom. The van der Waals surface area contributed by atoms with E-state index in [0.717, 1.165) is 32.5 Å². The first kappa shape index (κ1) is 12.2. The molecule has 5 nitrogen and oxygen atoms in total. The van der Waals surface area contributed by atoms with Crippen molar-refractivity contribution in [2.45, 2.75) is 32.0 Å². The normalized spacial score (nSPS) is 30.2. The van der Waals surface area contributed by atoms with E-state index in [1.54, 1.807) is 6.26 Å². The van der Waals surface area contributed by atoms with Gasteiger partial charge in [0.1, 0.15) is 6.10 Å². The quantitative estimate of drug-likeness (QED) is 0.569. The molecule has 2 rings (SSSR count). The fourth-order valence-corrected chi connectivity index (χ4v) is 2.04. The van der Waals surface area contributed by atoms with Gasteiger partial charge < -0.3 is 20.1 Å². The van der Waals surface area contributed by atoms with Gasteiger partial charge >= 0.3 is 0 Å². The molecule has 0 aromatic carbocycles. The molecule has 0 aliphatic carbocycles. The number of ether oxygens (including phenoxy) is 2. The molecule has 2 unspecified atom stereocenters. The summed E-state index contributed by atoms with van der Waals surface area (Å²) in [4.78, 5) is 6.49. The van der Waals surface area contributed by atoms with Crippen molar-refractivity contribution < 1.29 is 9.47 Å². The van der Waals surface area contributed by atoms with Crippen LogP contribution in [0.2, 0.25) is 0 Å². The third-order valence-corrected chi connectivity index (χ3v) is 3.04. The highest BCUT2D eigenvalue weighted by molar-refractivity contribution is 5.78. The second kappa shape index (κ2) is 5.91. The average Bonchev–Trinajstić information content (AvgIpc) is 2.37. The molecular formula is C12H21N3O2. The minimum Gasteiger partial charge on any atom is -0.496 e. The second-order valence-electron chi connectivity index (χ2n) is 4.53. The summed E-state index contributed by atoms with van der Waals surface area (Å²) >= 11 is 0. The summed E-state index contributed by atoms with van der Waals surface area (Å²) < 4.78 is 10.9. The molecular weight excluding hydrogens is 218 g/mol. The maximum atomic E-state index is 5.97. The summed E-state index contributed by atoms with van der Waals surface area (Å²) in [5.74, 6) is 0.610. The van der Waals surface area contributed by atoms with E-state index in [1.807, 2.05) is 6.08 Å². The van der Waals surface area contributed by atoms with Crippen molar-refractivity contribution in [3.63, 3.8) is 0 Å². The Morgan fingerprint density at radius 3 is 3.18 bits per heavy atom. The summed E-state index contributed by atoms with van der Waals surface area (Å²) in [6.45, 7) is 5.06. The first-order chi connectivity index (χ1) is 8.25. The van der Waals surface area contributed by atoms with Gasteiger partial charge in [0.15, 0.2) is 5.96 Å². The van der Waals surface area contributed by atoms with Gasteiger partial charge in [0.05, 0.1) is 25.5 Å². The van der Waals surface area contributed by atoms with Crippen LogP contribution in [0.5, 0.6) is 0 Å². The van der Waals surface area contributed by atoms with Gasteiger partial charge in [0, 0.05) is 13.1 Å². The number of rotatable bonds is 2. The lowest BCUT2D eigenvalue weighted by Gasteiger charge is -2.32. The third-order valence-electron chi connectivity index (χ3n) is 3.04. The number of aliphatic imine (C=N–C) groups is 1. The zero-order valence-corrected chi connectivity index (χ0v) is 10.3. The van der Waals surface area contributed by atoms with Crippen molar-refractivity contribution in [1.29, 1.82) is 0 Å². The molecule has 2 heterocycles. The van der Waals surface area contributed by atoms with E-state index in [4.69, 9.17) is 15.2 Å². The maximum absolute atomic E-state index is 5.97. The van der Waals surface area contributed by atoms with Crippen LogP contribution in [0.15, 0.2) is 17.3 Å². The molecule has 1 saturated heterocycles. The Morgan fingerprint density at radius 1 is 1.59 bits per heavy atom. The van der Waals surface area contributed by atoms with Crippen molar-refractivity contribution >= 4 is 5.96 Å². The van der Waals surface area contributed by atoms with Crippen LogP contribution in [-0.4, -0.2) is 49.3 Å². The van der Waals surface area contributed by atoms with Gasteiger partial charge in [-0.1, -0.05) is 0 Å². The number of hydrogen-bond acceptors (Lipinski definition) is 3. The van der Waals surface area contributed by atoms with Crippen LogP contribution < -0.4 is 5.73 Å². The van der Waals surface area contributed by atoms with Crippen LogP contribution in [0.3, 0.4) is 0 Å². The van der Waals surface area contributed by atoms with Crippen molar-refractivity contribution in [3.8, 4) is 0 Å². The van der Waals surface area contributed by atoms with Crippen molar-refractivity contribution in [1.82, 2.24) is 4.90 Å². The number of guanidine groups is 1. The molecule has 2 aliphatic heterocycles. The lowest BCUT2D eigenvalue weighted by Crippen LogP contribution is -2.48. The van der Waals surface area contributed by atoms with Gasteiger partial charge in [0.2, 0.25) is 0 Å². The van der Waals surface area contributed by atoms with Gasteiger partial charge in [-0.15, -0.1) is 0 Å². The zero-order chi connectivity index (χ0) is 12.1. The van der Waals surface area contributed by atoms with Crippen LogP contribution >= 0.6 is 0 Å². The van der Waals surface area contributed by atoms with E-state index in [1.165, 1.54) is 0 Å². The van der Waals surface area contributed by atoms with Crippen LogP contribution in [0.25, 0.3) is 0 Å². The largest absolute Gasteiger partial charge is 0.496 e. The first-order valence-corrected chi connectivity index (χ1v) is 6.22. The smallest absolute Gasteiger partial charge is 0.191 e. The van der Waals surface area contributed by atoms with Crippen molar-refractivity contribution in [3.05, 3.63) is 12.3 Å². The van der Waals surface area contributed by atoms with E-state index in [0.29, 0.717) is 12.5 Å². The number of hydrogen-bond donors (Lipinski definition) is 1. The molecule has 0 radical (unpaired) electrons. The van der Waals surface area contributed by atoms with Gasteiger partial charge in [-0.25, -0.2) is 4.99 Å². The minimum absolute atomic E-state index is 0.178. The molecule has 17 heavy (non-hydrogen) atoms. The number of allylic oxidation sites excluding steroid dienone is 1. The predicted octanol–water partition coefficient (Wildman–Crippen LogP) is 0.714. The maximum Gasteiger partial charge on any atom is 0.191 e. The van der Waals surface area contributed by atoms with Gasteiger partial charge in [-0.2, -0.15) is 0 Å². The topological polar surface area (TPSA) is 60.1 Å². The molecule has 0 amide bonds. The molecule has 2 N–H and O–H groups in total. The Kier molecular flexibility index (Phi) is 4.25. The van der Waals surface area contributed by atoms with Crippen LogP contribution in [0, 0.1) is 0 Å². The Balaban J connectivity index is 1.81. The van der Waals surface area contributed by atoms with E-state index in [2.05, 4.69) is 16.8 Å². The van der Waals surface area contributed by atoms with Gasteiger partial charge in [-0.05, 0) is 25.8 Å². The molecule has 2 atom stereocenters. The van der Waals surface area contributed by atoms with Gasteiger partial charge in [0.25, 0.3) is 0 Å². The van der Waals surface area contributed by atoms with E-state index < -0.39 is 0 Å². The van der Waals surface area contributed by atoms with Crippen LogP contribution in [-0.2, 0) is 9.47 Å². The lowest BCUT2D eigenvalue weighted by molar-refractivity contribution is 0.00519. The highest BCUT2D eigenvalue weighted by atomic mass is 16.5. The summed E-state index contributed by atoms with van der Waals surface area (Å²) in [5, 5.41) is 0. The Hall–Kier alpha value is -1.23. The van der Waals surface area contributed by atoms with Crippen molar-refractivity contribution in [2.24, 2.45) is 10.7 Å². The zero-order valence-electron chi connectivity index (χ0n) is 10.3. The second-order valence-corrected chi connectivity index (χ2v) is 4.53. The van der Waals surface area contributed by atoms with Crippen LogP contribution in [0.1, 0.15) is 19.8 Å². The summed E-state index contributed by atoms with van der Waals surface area (Å²) in [6, 6.07) is 0. The first-order valence-electron chi connectivity index (χ1n) is 6.22. The standard InChI is InChI=1S/C12H21N3O2/c1-10-9-15(5-7-16-10)12(13)14-8-11-4-2-3-6-17-11/h3,6,10-11H,2,4-5,7-9H2,1H3,(H2,13,14). The van der Waals surface area contributed by atoms with Gasteiger partial charge in [-0.3, -0.25) is 0 Å².